The first-order valence-electron chi connectivity index (χ1n) is 3.86. The molecule has 0 aliphatic heterocycles. The van der Waals surface area contributed by atoms with Gasteiger partial charge in [-0.25, -0.2) is 0 Å². The van der Waals surface area contributed by atoms with Crippen molar-refractivity contribution in [3.8, 4) is 0 Å². The van der Waals surface area contributed by atoms with Crippen molar-refractivity contribution >= 4 is 18.5 Å². The Hall–Kier alpha value is -0.630. The van der Waals surface area contributed by atoms with Gasteiger partial charge in [0.1, 0.15) is 0 Å². The second kappa shape index (κ2) is 4.29. The van der Waals surface area contributed by atoms with Crippen LogP contribution < -0.4 is 4.72 Å². The lowest BCUT2D eigenvalue weighted by Crippen LogP contribution is -1.89. The highest BCUT2D eigenvalue weighted by molar-refractivity contribution is 7.81. The molecule has 2 heteroatoms. The largest absolute Gasteiger partial charge is 0.332 e. The van der Waals surface area contributed by atoms with Crippen molar-refractivity contribution < 1.29 is 0 Å². The molecule has 0 unspecified atom stereocenters. The maximum absolute atomic E-state index is 4.02. The lowest BCUT2D eigenvalue weighted by molar-refractivity contribution is 0.924. The zero-order valence-electron chi connectivity index (χ0n) is 6.67. The van der Waals surface area contributed by atoms with E-state index in [1.165, 1.54) is 12.0 Å². The van der Waals surface area contributed by atoms with E-state index in [0.29, 0.717) is 0 Å². The van der Waals surface area contributed by atoms with Gasteiger partial charge in [-0.3, -0.25) is 0 Å². The minimum atomic E-state index is 1.11. The van der Waals surface area contributed by atoms with E-state index in [0.717, 1.165) is 12.1 Å². The van der Waals surface area contributed by atoms with Crippen LogP contribution in [0.3, 0.4) is 0 Å². The summed E-state index contributed by atoms with van der Waals surface area (Å²) in [4.78, 5) is 0. The van der Waals surface area contributed by atoms with Gasteiger partial charge in [0.15, 0.2) is 0 Å². The van der Waals surface area contributed by atoms with Gasteiger partial charge in [-0.2, -0.15) is 0 Å². The highest BCUT2D eigenvalue weighted by Gasteiger charge is 1.96. The Morgan fingerprint density at radius 3 is 2.73 bits per heavy atom. The molecule has 0 aliphatic rings. The number of anilines is 1. The second-order valence-corrected chi connectivity index (χ2v) is 2.74. The Morgan fingerprint density at radius 1 is 1.36 bits per heavy atom. The Bertz CT molecular complexity index is 223. The van der Waals surface area contributed by atoms with Crippen molar-refractivity contribution in [1.82, 2.24) is 0 Å². The number of nitrogens with one attached hydrogen (secondary N) is 1. The topological polar surface area (TPSA) is 12.0 Å². The van der Waals surface area contributed by atoms with Crippen LogP contribution in [-0.2, 0) is 6.42 Å². The summed E-state index contributed by atoms with van der Waals surface area (Å²) in [6, 6.07) is 8.23. The summed E-state index contributed by atoms with van der Waals surface area (Å²) in [6.07, 6.45) is 2.29. The van der Waals surface area contributed by atoms with E-state index in [1.807, 2.05) is 12.1 Å². The molecule has 1 N–H and O–H groups in total. The molecule has 60 valence electrons. The van der Waals surface area contributed by atoms with Crippen LogP contribution in [0.25, 0.3) is 0 Å². The summed E-state index contributed by atoms with van der Waals surface area (Å²) in [7, 11) is 0. The molecule has 1 aromatic rings. The van der Waals surface area contributed by atoms with Gasteiger partial charge in [-0.05, 0) is 18.1 Å². The van der Waals surface area contributed by atoms with E-state index in [1.54, 1.807) is 0 Å². The standard InChI is InChI=1S/C9H13NS/c1-2-5-8-6-3-4-7-9(8)10-11/h3-4,6-7,10-11H,2,5H2,1H3. The molecular formula is C9H13NS. The Labute approximate surface area is 73.4 Å². The van der Waals surface area contributed by atoms with Gasteiger partial charge in [0.2, 0.25) is 0 Å². The predicted molar refractivity (Wildman–Crippen MR) is 53.0 cm³/mol. The number of benzene rings is 1. The van der Waals surface area contributed by atoms with E-state index < -0.39 is 0 Å². The van der Waals surface area contributed by atoms with Crippen LogP contribution >= 0.6 is 12.8 Å². The smallest absolute Gasteiger partial charge is 0.0470 e. The average Bonchev–Trinajstić information content (AvgIpc) is 2.06. The number of aryl methyl sites for hydroxylation is 1. The van der Waals surface area contributed by atoms with Gasteiger partial charge in [-0.1, -0.05) is 44.4 Å². The summed E-state index contributed by atoms with van der Waals surface area (Å²) in [5, 5.41) is 0. The van der Waals surface area contributed by atoms with Crippen molar-refractivity contribution in [3.63, 3.8) is 0 Å². The van der Waals surface area contributed by atoms with Gasteiger partial charge in [-0.15, -0.1) is 0 Å². The minimum absolute atomic E-state index is 1.11. The Kier molecular flexibility index (Phi) is 3.30. The average molecular weight is 167 g/mol. The van der Waals surface area contributed by atoms with E-state index in [2.05, 4.69) is 36.6 Å². The van der Waals surface area contributed by atoms with Crippen molar-refractivity contribution in [3.05, 3.63) is 29.8 Å². The van der Waals surface area contributed by atoms with Gasteiger partial charge in [0, 0.05) is 5.69 Å². The maximum atomic E-state index is 4.02. The molecule has 1 nitrogen and oxygen atoms in total. The van der Waals surface area contributed by atoms with Crippen LogP contribution in [0.2, 0.25) is 0 Å². The van der Waals surface area contributed by atoms with E-state index >= 15 is 0 Å². The van der Waals surface area contributed by atoms with Crippen molar-refractivity contribution in [2.75, 3.05) is 4.72 Å². The first kappa shape index (κ1) is 8.47. The van der Waals surface area contributed by atoms with Crippen LogP contribution in [0.5, 0.6) is 0 Å². The van der Waals surface area contributed by atoms with Gasteiger partial charge in [0.05, 0.1) is 0 Å². The molecule has 0 saturated heterocycles. The maximum Gasteiger partial charge on any atom is 0.0470 e. The molecule has 0 amide bonds. The summed E-state index contributed by atoms with van der Waals surface area (Å²) >= 11 is 4.02. The third kappa shape index (κ3) is 2.15. The Morgan fingerprint density at radius 2 is 2.09 bits per heavy atom. The fourth-order valence-corrected chi connectivity index (χ4v) is 1.33. The van der Waals surface area contributed by atoms with Crippen molar-refractivity contribution in [2.45, 2.75) is 19.8 Å². The number of para-hydroxylation sites is 1. The third-order valence-corrected chi connectivity index (χ3v) is 1.90. The van der Waals surface area contributed by atoms with Crippen LogP contribution in [0.4, 0.5) is 5.69 Å². The fourth-order valence-electron chi connectivity index (χ4n) is 1.12. The summed E-state index contributed by atoms with van der Waals surface area (Å²) in [6.45, 7) is 2.18. The number of hydrogen-bond donors (Lipinski definition) is 2. The number of thiol groups is 1. The molecular weight excluding hydrogens is 154 g/mol. The van der Waals surface area contributed by atoms with Crippen LogP contribution in [-0.4, -0.2) is 0 Å². The second-order valence-electron chi connectivity index (χ2n) is 2.52. The lowest BCUT2D eigenvalue weighted by Gasteiger charge is -2.05. The summed E-state index contributed by atoms with van der Waals surface area (Å²) in [5.74, 6) is 0. The molecule has 0 bridgehead atoms. The van der Waals surface area contributed by atoms with Crippen molar-refractivity contribution in [2.24, 2.45) is 0 Å². The SMILES string of the molecule is CCCc1ccccc1NS. The fraction of sp³-hybridized carbons (Fsp3) is 0.333. The molecule has 0 heterocycles. The Balaban J connectivity index is 2.83. The lowest BCUT2D eigenvalue weighted by atomic mass is 10.1. The van der Waals surface area contributed by atoms with Crippen LogP contribution in [0.15, 0.2) is 24.3 Å². The normalized spacial score (nSPS) is 9.64. The van der Waals surface area contributed by atoms with Crippen molar-refractivity contribution in [1.29, 1.82) is 0 Å². The van der Waals surface area contributed by atoms with Gasteiger partial charge in [0.25, 0.3) is 0 Å². The molecule has 1 aromatic carbocycles. The van der Waals surface area contributed by atoms with E-state index in [9.17, 15) is 0 Å². The predicted octanol–water partition coefficient (Wildman–Crippen LogP) is 2.90. The highest BCUT2D eigenvalue weighted by Crippen LogP contribution is 2.16. The molecule has 0 atom stereocenters. The molecule has 0 aliphatic carbocycles. The molecule has 0 saturated carbocycles. The van der Waals surface area contributed by atoms with E-state index in [4.69, 9.17) is 0 Å². The number of hydrogen-bond acceptors (Lipinski definition) is 2. The van der Waals surface area contributed by atoms with Gasteiger partial charge >= 0.3 is 0 Å². The summed E-state index contributed by atoms with van der Waals surface area (Å²) in [5.41, 5.74) is 2.46. The molecule has 0 spiro atoms. The highest BCUT2D eigenvalue weighted by atomic mass is 32.1. The minimum Gasteiger partial charge on any atom is -0.332 e. The number of rotatable bonds is 3. The first-order valence-corrected chi connectivity index (χ1v) is 4.31. The van der Waals surface area contributed by atoms with Crippen LogP contribution in [0, 0.1) is 0 Å². The quantitative estimate of drug-likeness (QED) is 0.660. The molecule has 0 fully saturated rings. The zero-order chi connectivity index (χ0) is 8.10. The van der Waals surface area contributed by atoms with Gasteiger partial charge < -0.3 is 4.72 Å². The first-order chi connectivity index (χ1) is 5.38. The monoisotopic (exact) mass is 167 g/mol. The zero-order valence-corrected chi connectivity index (χ0v) is 7.57. The van der Waals surface area contributed by atoms with E-state index in [-0.39, 0.29) is 0 Å². The van der Waals surface area contributed by atoms with Crippen LogP contribution in [0.1, 0.15) is 18.9 Å². The molecule has 0 radical (unpaired) electrons. The molecule has 11 heavy (non-hydrogen) atoms. The molecule has 0 aromatic heterocycles. The molecule has 1 rings (SSSR count). The third-order valence-electron chi connectivity index (χ3n) is 1.66. The summed E-state index contributed by atoms with van der Waals surface area (Å²) < 4.78 is 2.87.